The lowest BCUT2D eigenvalue weighted by atomic mass is 9.98. The van der Waals surface area contributed by atoms with Gasteiger partial charge in [-0.25, -0.2) is 4.79 Å². The summed E-state index contributed by atoms with van der Waals surface area (Å²) >= 11 is 0. The maximum Gasteiger partial charge on any atom is 0.333 e. The lowest BCUT2D eigenvalue weighted by molar-refractivity contribution is -0.139. The van der Waals surface area contributed by atoms with Crippen LogP contribution in [0.4, 0.5) is 0 Å². The van der Waals surface area contributed by atoms with E-state index in [1.54, 1.807) is 6.92 Å². The van der Waals surface area contributed by atoms with Crippen molar-refractivity contribution in [3.63, 3.8) is 0 Å². The van der Waals surface area contributed by atoms with Gasteiger partial charge in [-0.1, -0.05) is 73.3 Å². The van der Waals surface area contributed by atoms with Crippen molar-refractivity contribution >= 4 is 5.97 Å². The summed E-state index contributed by atoms with van der Waals surface area (Å²) in [5.41, 5.74) is 5.25. The summed E-state index contributed by atoms with van der Waals surface area (Å²) < 4.78 is 11.1. The van der Waals surface area contributed by atoms with Gasteiger partial charge in [-0.15, -0.1) is 0 Å². The van der Waals surface area contributed by atoms with Gasteiger partial charge in [-0.05, 0) is 35.2 Å². The molecule has 0 aliphatic heterocycles. The predicted octanol–water partition coefficient (Wildman–Crippen LogP) is 5.01. The first-order valence-electron chi connectivity index (χ1n) is 9.43. The molecule has 0 radical (unpaired) electrons. The van der Waals surface area contributed by atoms with Crippen molar-refractivity contribution in [1.82, 2.24) is 0 Å². The molecule has 0 amide bonds. The molecule has 148 valence electrons. The first-order chi connectivity index (χ1) is 14.1. The van der Waals surface area contributed by atoms with Crippen LogP contribution in [0.2, 0.25) is 0 Å². The van der Waals surface area contributed by atoms with Gasteiger partial charge in [0.05, 0.1) is 6.61 Å². The highest BCUT2D eigenvalue weighted by Crippen LogP contribution is 2.34. The fourth-order valence-electron chi connectivity index (χ4n) is 2.89. The molecule has 4 nitrogen and oxygen atoms in total. The minimum Gasteiger partial charge on any atom is -0.489 e. The van der Waals surface area contributed by atoms with Crippen molar-refractivity contribution in [2.24, 2.45) is 0 Å². The van der Waals surface area contributed by atoms with Crippen molar-refractivity contribution in [2.45, 2.75) is 13.5 Å². The molecule has 3 rings (SSSR count). The number of hydrogen-bond donors (Lipinski definition) is 1. The number of esters is 1. The molecule has 1 N–H and O–H groups in total. The molecule has 0 spiro atoms. The fourth-order valence-corrected chi connectivity index (χ4v) is 2.89. The number of carbonyl (C=O) groups is 1. The van der Waals surface area contributed by atoms with Crippen molar-refractivity contribution in [1.29, 1.82) is 0 Å². The zero-order valence-electron chi connectivity index (χ0n) is 16.4. The summed E-state index contributed by atoms with van der Waals surface area (Å²) in [5, 5.41) is 9.27. The number of aliphatic hydroxyl groups excluding tert-OH is 1. The van der Waals surface area contributed by atoms with Gasteiger partial charge in [-0.2, -0.15) is 0 Å². The molecule has 0 saturated carbocycles. The van der Waals surface area contributed by atoms with Crippen LogP contribution in [0.3, 0.4) is 0 Å². The van der Waals surface area contributed by atoms with Crippen molar-refractivity contribution in [3.05, 3.63) is 90.5 Å². The number of aliphatic hydroxyl groups is 1. The monoisotopic (exact) mass is 388 g/mol. The molecule has 0 fully saturated rings. The first kappa shape index (κ1) is 20.4. The van der Waals surface area contributed by atoms with Crippen LogP contribution >= 0.6 is 0 Å². The van der Waals surface area contributed by atoms with E-state index in [0.29, 0.717) is 11.3 Å². The van der Waals surface area contributed by atoms with Crippen molar-refractivity contribution in [3.8, 4) is 28.0 Å². The predicted molar refractivity (Wildman–Crippen MR) is 115 cm³/mol. The number of carbonyl (C=O) groups excluding carboxylic acids is 1. The molecule has 4 heteroatoms. The van der Waals surface area contributed by atoms with E-state index in [-0.39, 0.29) is 19.8 Å². The van der Waals surface area contributed by atoms with Gasteiger partial charge in [0.1, 0.15) is 19.0 Å². The zero-order valence-corrected chi connectivity index (χ0v) is 16.4. The van der Waals surface area contributed by atoms with Crippen LogP contribution in [-0.2, 0) is 16.1 Å². The Bertz CT molecular complexity index is 975. The van der Waals surface area contributed by atoms with Gasteiger partial charge in [0.25, 0.3) is 0 Å². The Labute approximate surface area is 171 Å². The van der Waals surface area contributed by atoms with E-state index >= 15 is 0 Å². The molecule has 0 aliphatic rings. The molecule has 0 unspecified atom stereocenters. The Kier molecular flexibility index (Phi) is 6.82. The lowest BCUT2D eigenvalue weighted by Gasteiger charge is -2.14. The zero-order chi connectivity index (χ0) is 20.6. The third kappa shape index (κ3) is 5.33. The van der Waals surface area contributed by atoms with Gasteiger partial charge in [0.15, 0.2) is 0 Å². The molecule has 29 heavy (non-hydrogen) atoms. The molecule has 0 saturated heterocycles. The van der Waals surface area contributed by atoms with Crippen LogP contribution in [0.15, 0.2) is 84.9 Å². The summed E-state index contributed by atoms with van der Waals surface area (Å²) in [5.74, 6) is 0.279. The number of rotatable bonds is 8. The first-order valence-corrected chi connectivity index (χ1v) is 9.43. The van der Waals surface area contributed by atoms with Crippen LogP contribution in [0.25, 0.3) is 22.3 Å². The van der Waals surface area contributed by atoms with E-state index < -0.39 is 5.97 Å². The molecule has 0 heterocycles. The average molecular weight is 388 g/mol. The maximum absolute atomic E-state index is 11.5. The summed E-state index contributed by atoms with van der Waals surface area (Å²) in [6.45, 7) is 5.57. The van der Waals surface area contributed by atoms with E-state index in [1.165, 1.54) is 0 Å². The fraction of sp³-hybridized carbons (Fsp3) is 0.160. The van der Waals surface area contributed by atoms with Crippen molar-refractivity contribution in [2.75, 3.05) is 13.2 Å². The van der Waals surface area contributed by atoms with Gasteiger partial charge in [0, 0.05) is 11.1 Å². The largest absolute Gasteiger partial charge is 0.489 e. The van der Waals surface area contributed by atoms with Crippen molar-refractivity contribution < 1.29 is 19.4 Å². The van der Waals surface area contributed by atoms with E-state index in [4.69, 9.17) is 9.47 Å². The maximum atomic E-state index is 11.5. The summed E-state index contributed by atoms with van der Waals surface area (Å²) in [7, 11) is 0. The minimum absolute atomic E-state index is 0.00463. The second-order valence-electron chi connectivity index (χ2n) is 6.70. The van der Waals surface area contributed by atoms with E-state index in [1.807, 2.05) is 66.7 Å². The smallest absolute Gasteiger partial charge is 0.333 e. The third-order valence-electron chi connectivity index (χ3n) is 4.46. The third-order valence-corrected chi connectivity index (χ3v) is 4.46. The quantitative estimate of drug-likeness (QED) is 0.335. The Morgan fingerprint density at radius 2 is 1.59 bits per heavy atom. The van der Waals surface area contributed by atoms with Crippen LogP contribution in [0, 0.1) is 0 Å². The van der Waals surface area contributed by atoms with Gasteiger partial charge < -0.3 is 14.6 Å². The molecule has 3 aromatic rings. The Morgan fingerprint density at radius 3 is 2.24 bits per heavy atom. The second kappa shape index (κ2) is 9.71. The summed E-state index contributed by atoms with van der Waals surface area (Å²) in [4.78, 5) is 11.5. The number of hydrogen-bond acceptors (Lipinski definition) is 4. The Morgan fingerprint density at radius 1 is 0.897 bits per heavy atom. The van der Waals surface area contributed by atoms with Crippen LogP contribution in [0.1, 0.15) is 12.5 Å². The summed E-state index contributed by atoms with van der Waals surface area (Å²) in [6, 6.07) is 23.8. The van der Waals surface area contributed by atoms with E-state index in [0.717, 1.165) is 27.8 Å². The highest BCUT2D eigenvalue weighted by Gasteiger charge is 2.10. The van der Waals surface area contributed by atoms with Crippen LogP contribution in [0.5, 0.6) is 5.75 Å². The van der Waals surface area contributed by atoms with Gasteiger partial charge >= 0.3 is 5.97 Å². The number of benzene rings is 3. The molecule has 3 aromatic carbocycles. The van der Waals surface area contributed by atoms with Crippen LogP contribution < -0.4 is 4.74 Å². The molecule has 0 aliphatic carbocycles. The Hall–Kier alpha value is -3.37. The topological polar surface area (TPSA) is 55.8 Å². The molecular weight excluding hydrogens is 364 g/mol. The molecule has 0 atom stereocenters. The highest BCUT2D eigenvalue weighted by atomic mass is 16.6. The SMILES string of the molecule is C=C(C)C(=O)OCCOc1cc(-c2ccccc2)ccc1-c1ccc(CO)cc1. The van der Waals surface area contributed by atoms with Gasteiger partial charge in [0.2, 0.25) is 0 Å². The minimum atomic E-state index is -0.425. The molecular formula is C25H24O4. The van der Waals surface area contributed by atoms with E-state index in [9.17, 15) is 9.90 Å². The lowest BCUT2D eigenvalue weighted by Crippen LogP contribution is -2.12. The average Bonchev–Trinajstić information content (AvgIpc) is 2.77. The normalized spacial score (nSPS) is 10.4. The second-order valence-corrected chi connectivity index (χ2v) is 6.70. The Balaban J connectivity index is 1.86. The van der Waals surface area contributed by atoms with E-state index in [2.05, 4.69) is 12.6 Å². The van der Waals surface area contributed by atoms with Gasteiger partial charge in [-0.3, -0.25) is 0 Å². The van der Waals surface area contributed by atoms with Crippen LogP contribution in [-0.4, -0.2) is 24.3 Å². The molecule has 0 bridgehead atoms. The standard InChI is InChI=1S/C25H24O4/c1-18(2)25(27)29-15-14-28-24-16-22(20-6-4-3-5-7-20)12-13-23(24)21-10-8-19(17-26)9-11-21/h3-13,16,26H,1,14-15,17H2,2H3. The molecule has 0 aromatic heterocycles. The number of ether oxygens (including phenoxy) is 2. The highest BCUT2D eigenvalue weighted by molar-refractivity contribution is 5.86. The summed E-state index contributed by atoms with van der Waals surface area (Å²) in [6.07, 6.45) is 0.